The van der Waals surface area contributed by atoms with E-state index in [-0.39, 0.29) is 18.9 Å². The summed E-state index contributed by atoms with van der Waals surface area (Å²) >= 11 is 0. The molecule has 2 heterocycles. The van der Waals surface area contributed by atoms with Gasteiger partial charge in [-0.1, -0.05) is 0 Å². The molecular formula is C16H19ClN2O3S. The smallest absolute Gasteiger partial charge is 0.237 e. The van der Waals surface area contributed by atoms with E-state index >= 15 is 0 Å². The van der Waals surface area contributed by atoms with Gasteiger partial charge in [-0.2, -0.15) is 0 Å². The molecule has 2 aliphatic carbocycles. The third-order valence-electron chi connectivity index (χ3n) is 5.23. The number of pyridine rings is 1. The lowest BCUT2D eigenvalue weighted by Crippen LogP contribution is -2.30. The van der Waals surface area contributed by atoms with Gasteiger partial charge in [-0.3, -0.25) is 9.78 Å². The molecule has 5 nitrogen and oxygen atoms in total. The molecule has 1 aliphatic heterocycles. The molecule has 1 atom stereocenters. The van der Waals surface area contributed by atoms with Gasteiger partial charge >= 0.3 is 0 Å². The maximum Gasteiger partial charge on any atom is 0.237 e. The molecule has 1 amide bonds. The number of hydrogen-bond donors (Lipinski definition) is 0. The summed E-state index contributed by atoms with van der Waals surface area (Å²) in [6, 6.07) is 0. The maximum absolute atomic E-state index is 12.5. The van der Waals surface area contributed by atoms with Crippen molar-refractivity contribution in [2.45, 2.75) is 56.6 Å². The van der Waals surface area contributed by atoms with Crippen LogP contribution in [0.2, 0.25) is 0 Å². The molecule has 0 N–H and O–H groups in total. The number of halogens is 1. The normalized spacial score (nSPS) is 24.0. The Labute approximate surface area is 140 Å². The zero-order valence-corrected chi connectivity index (χ0v) is 14.4. The topological polar surface area (TPSA) is 67.3 Å². The number of rotatable bonds is 2. The largest absolute Gasteiger partial charge is 0.310 e. The van der Waals surface area contributed by atoms with E-state index in [1.54, 1.807) is 4.90 Å². The number of fused-ring (bicyclic) bond motifs is 2. The minimum Gasteiger partial charge on any atom is -0.310 e. The van der Waals surface area contributed by atoms with Gasteiger partial charge in [0.2, 0.25) is 15.0 Å². The van der Waals surface area contributed by atoms with Gasteiger partial charge in [-0.05, 0) is 56.1 Å². The van der Waals surface area contributed by atoms with E-state index in [0.29, 0.717) is 0 Å². The van der Waals surface area contributed by atoms with Crippen LogP contribution in [0.4, 0.5) is 5.69 Å². The van der Waals surface area contributed by atoms with E-state index in [1.165, 1.54) is 0 Å². The third kappa shape index (κ3) is 2.56. The summed E-state index contributed by atoms with van der Waals surface area (Å²) < 4.78 is 23.3. The van der Waals surface area contributed by atoms with Crippen molar-refractivity contribution in [2.75, 3.05) is 11.4 Å². The summed E-state index contributed by atoms with van der Waals surface area (Å²) in [5.41, 5.74) is 5.50. The van der Waals surface area contributed by atoms with Crippen molar-refractivity contribution in [2.24, 2.45) is 0 Å². The van der Waals surface area contributed by atoms with Gasteiger partial charge < -0.3 is 4.90 Å². The fourth-order valence-corrected chi connectivity index (χ4v) is 5.15. The highest BCUT2D eigenvalue weighted by Gasteiger charge is 2.40. The van der Waals surface area contributed by atoms with Crippen LogP contribution in [0.1, 0.15) is 48.2 Å². The van der Waals surface area contributed by atoms with Crippen LogP contribution < -0.4 is 4.90 Å². The Bertz CT molecular complexity index is 791. The third-order valence-corrected chi connectivity index (χ3v) is 7.09. The molecule has 0 spiro atoms. The van der Waals surface area contributed by atoms with E-state index in [1.807, 2.05) is 0 Å². The number of nitrogens with zero attached hydrogens (tertiary/aromatic N) is 2. The SMILES string of the molecule is O=C1CC(S(=O)(=O)Cl)CN1c1c2c(nc3c1CCC3)CCCC2. The minimum atomic E-state index is -3.72. The number of carbonyl (C=O) groups is 1. The number of carbonyl (C=O) groups excluding carboxylic acids is 1. The molecule has 0 bridgehead atoms. The van der Waals surface area contributed by atoms with Crippen molar-refractivity contribution >= 4 is 31.3 Å². The summed E-state index contributed by atoms with van der Waals surface area (Å²) in [6.45, 7) is 0.174. The van der Waals surface area contributed by atoms with Crippen molar-refractivity contribution in [3.05, 3.63) is 22.5 Å². The summed E-state index contributed by atoms with van der Waals surface area (Å²) in [4.78, 5) is 19.0. The Balaban J connectivity index is 1.83. The second kappa shape index (κ2) is 5.45. The first-order valence-corrected chi connectivity index (χ1v) is 10.6. The Kier molecular flexibility index (Phi) is 3.65. The van der Waals surface area contributed by atoms with Crippen molar-refractivity contribution in [1.29, 1.82) is 0 Å². The number of hydrogen-bond acceptors (Lipinski definition) is 4. The summed E-state index contributed by atoms with van der Waals surface area (Å²) in [5.74, 6) is -0.132. The molecule has 7 heteroatoms. The monoisotopic (exact) mass is 354 g/mol. The maximum atomic E-state index is 12.5. The number of aromatic nitrogens is 1. The van der Waals surface area contributed by atoms with Gasteiger partial charge in [0.15, 0.2) is 0 Å². The summed E-state index contributed by atoms with van der Waals surface area (Å²) in [5, 5.41) is -0.805. The zero-order valence-electron chi connectivity index (χ0n) is 12.8. The molecule has 1 saturated heterocycles. The van der Waals surface area contributed by atoms with E-state index in [2.05, 4.69) is 0 Å². The molecule has 124 valence electrons. The molecule has 1 aromatic heterocycles. The van der Waals surface area contributed by atoms with Crippen LogP contribution in [0.25, 0.3) is 0 Å². The summed E-state index contributed by atoms with van der Waals surface area (Å²) in [7, 11) is 1.78. The molecule has 1 unspecified atom stereocenters. The average molecular weight is 355 g/mol. The number of amides is 1. The minimum absolute atomic E-state index is 0.0162. The molecule has 0 aromatic carbocycles. The standard InChI is InChI=1S/C16H19ClN2O3S/c17-23(21,22)10-8-15(20)19(9-10)16-11-4-1-2-6-13(11)18-14-7-3-5-12(14)16/h10H,1-9H2. The van der Waals surface area contributed by atoms with Crippen molar-refractivity contribution in [1.82, 2.24) is 4.98 Å². The molecule has 3 aliphatic rings. The molecule has 1 aromatic rings. The molecular weight excluding hydrogens is 336 g/mol. The van der Waals surface area contributed by atoms with Gasteiger partial charge in [0, 0.05) is 35.0 Å². The molecule has 0 saturated carbocycles. The first-order valence-electron chi connectivity index (χ1n) is 8.22. The van der Waals surface area contributed by atoms with Crippen molar-refractivity contribution in [3.63, 3.8) is 0 Å². The van der Waals surface area contributed by atoms with Crippen LogP contribution in [-0.2, 0) is 39.5 Å². The average Bonchev–Trinajstić information content (AvgIpc) is 3.10. The van der Waals surface area contributed by atoms with Crippen LogP contribution in [0.15, 0.2) is 0 Å². The fraction of sp³-hybridized carbons (Fsp3) is 0.625. The fourth-order valence-electron chi connectivity index (χ4n) is 4.12. The Morgan fingerprint density at radius 2 is 1.61 bits per heavy atom. The lowest BCUT2D eigenvalue weighted by atomic mass is 9.91. The first-order chi connectivity index (χ1) is 10.9. The Hall–Kier alpha value is -1.14. The predicted octanol–water partition coefficient (Wildman–Crippen LogP) is 2.12. The van der Waals surface area contributed by atoms with Crippen LogP contribution in [-0.4, -0.2) is 31.1 Å². The van der Waals surface area contributed by atoms with Crippen molar-refractivity contribution in [3.8, 4) is 0 Å². The molecule has 0 radical (unpaired) electrons. The van der Waals surface area contributed by atoms with E-state index in [4.69, 9.17) is 15.7 Å². The molecule has 1 fully saturated rings. The van der Waals surface area contributed by atoms with Crippen LogP contribution >= 0.6 is 10.7 Å². The van der Waals surface area contributed by atoms with Crippen LogP contribution in [0, 0.1) is 0 Å². The van der Waals surface area contributed by atoms with E-state index in [9.17, 15) is 13.2 Å². The quantitative estimate of drug-likeness (QED) is 0.763. The lowest BCUT2D eigenvalue weighted by molar-refractivity contribution is -0.117. The van der Waals surface area contributed by atoms with E-state index in [0.717, 1.165) is 73.1 Å². The Morgan fingerprint density at radius 3 is 2.26 bits per heavy atom. The van der Waals surface area contributed by atoms with Crippen LogP contribution in [0.5, 0.6) is 0 Å². The number of anilines is 1. The second-order valence-electron chi connectivity index (χ2n) is 6.68. The summed E-state index contributed by atoms with van der Waals surface area (Å²) in [6.07, 6.45) is 7.02. The van der Waals surface area contributed by atoms with Gasteiger partial charge in [0.25, 0.3) is 0 Å². The van der Waals surface area contributed by atoms with E-state index < -0.39 is 14.3 Å². The lowest BCUT2D eigenvalue weighted by Gasteiger charge is -2.27. The van der Waals surface area contributed by atoms with Gasteiger partial charge in [-0.15, -0.1) is 0 Å². The molecule has 23 heavy (non-hydrogen) atoms. The predicted molar refractivity (Wildman–Crippen MR) is 88.4 cm³/mol. The highest BCUT2D eigenvalue weighted by atomic mass is 35.7. The number of aryl methyl sites for hydroxylation is 2. The van der Waals surface area contributed by atoms with Crippen LogP contribution in [0.3, 0.4) is 0 Å². The van der Waals surface area contributed by atoms with Gasteiger partial charge in [-0.25, -0.2) is 8.42 Å². The van der Waals surface area contributed by atoms with Gasteiger partial charge in [0.05, 0.1) is 5.69 Å². The zero-order chi connectivity index (χ0) is 16.2. The first kappa shape index (κ1) is 15.4. The highest BCUT2D eigenvalue weighted by Crippen LogP contribution is 2.40. The second-order valence-corrected chi connectivity index (χ2v) is 9.59. The highest BCUT2D eigenvalue weighted by molar-refractivity contribution is 8.14. The molecule has 4 rings (SSSR count). The van der Waals surface area contributed by atoms with Gasteiger partial charge in [0.1, 0.15) is 5.25 Å². The Morgan fingerprint density at radius 1 is 1.00 bits per heavy atom. The van der Waals surface area contributed by atoms with Crippen molar-refractivity contribution < 1.29 is 13.2 Å².